The van der Waals surface area contributed by atoms with E-state index in [1.807, 2.05) is 0 Å². The molecule has 0 aliphatic rings. The lowest BCUT2D eigenvalue weighted by molar-refractivity contribution is -0.00435. The van der Waals surface area contributed by atoms with Gasteiger partial charge in [-0.2, -0.15) is 5.26 Å². The van der Waals surface area contributed by atoms with Crippen molar-refractivity contribution in [2.45, 2.75) is 129 Å². The van der Waals surface area contributed by atoms with Crippen LogP contribution in [-0.2, 0) is 25.0 Å². The lowest BCUT2D eigenvalue weighted by Gasteiger charge is -2.22. The molecule has 2 aromatic carbocycles. The highest BCUT2D eigenvalue weighted by atomic mass is 35.5. The molecule has 0 bridgehead atoms. The molecule has 0 aliphatic carbocycles. The van der Waals surface area contributed by atoms with Gasteiger partial charge in [0.2, 0.25) is 0 Å². The summed E-state index contributed by atoms with van der Waals surface area (Å²) in [4.78, 5) is 0. The zero-order valence-corrected chi connectivity index (χ0v) is 29.2. The second kappa shape index (κ2) is 23.7. The number of phosphoric acid groups is 1. The van der Waals surface area contributed by atoms with Crippen LogP contribution >= 0.6 is 31.0 Å². The molecule has 0 radical (unpaired) electrons. The Morgan fingerprint density at radius 3 is 1.93 bits per heavy atom. The summed E-state index contributed by atoms with van der Waals surface area (Å²) >= 11 is 12.3. The number of hydrogen-bond donors (Lipinski definition) is 0. The quantitative estimate of drug-likeness (QED) is 0.0733. The third kappa shape index (κ3) is 17.2. The van der Waals surface area contributed by atoms with Crippen molar-refractivity contribution < 1.29 is 22.9 Å². The van der Waals surface area contributed by atoms with E-state index in [2.05, 4.69) is 13.0 Å². The van der Waals surface area contributed by atoms with Crippen molar-refractivity contribution in [2.24, 2.45) is 0 Å². The summed E-state index contributed by atoms with van der Waals surface area (Å²) in [6, 6.07) is 14.0. The van der Waals surface area contributed by atoms with Gasteiger partial charge >= 0.3 is 7.82 Å². The van der Waals surface area contributed by atoms with Crippen molar-refractivity contribution in [1.29, 1.82) is 5.26 Å². The van der Waals surface area contributed by atoms with E-state index < -0.39 is 7.82 Å². The predicted octanol–water partition coefficient (Wildman–Crippen LogP) is 12.3. The molecule has 2 aromatic rings. The lowest BCUT2D eigenvalue weighted by Crippen LogP contribution is -2.20. The molecule has 0 amide bonds. The molecule has 44 heavy (non-hydrogen) atoms. The minimum absolute atomic E-state index is 0.0139. The highest BCUT2D eigenvalue weighted by Crippen LogP contribution is 2.50. The average Bonchev–Trinajstić information content (AvgIpc) is 3.02. The van der Waals surface area contributed by atoms with E-state index in [9.17, 15) is 9.83 Å². The van der Waals surface area contributed by atoms with Crippen LogP contribution < -0.4 is 4.52 Å². The Hall–Kier alpha value is -1.58. The number of rotatable bonds is 26. The van der Waals surface area contributed by atoms with Gasteiger partial charge in [0, 0.05) is 12.1 Å². The number of para-hydroxylation sites is 1. The van der Waals surface area contributed by atoms with Gasteiger partial charge in [0.1, 0.15) is 5.75 Å². The number of phosphoric ester groups is 1. The van der Waals surface area contributed by atoms with Crippen LogP contribution in [0, 0.1) is 11.3 Å². The third-order valence-corrected chi connectivity index (χ3v) is 9.50. The van der Waals surface area contributed by atoms with Gasteiger partial charge in [0.05, 0.1) is 36.0 Å². The Kier molecular flexibility index (Phi) is 20.8. The second-order valence-corrected chi connectivity index (χ2v) is 14.0. The molecule has 0 saturated carbocycles. The Balaban J connectivity index is 1.74. The summed E-state index contributed by atoms with van der Waals surface area (Å²) in [6.45, 7) is 2.52. The molecule has 0 spiro atoms. The maximum absolute atomic E-state index is 13.2. The molecule has 2 atom stereocenters. The Morgan fingerprint density at radius 2 is 1.39 bits per heavy atom. The van der Waals surface area contributed by atoms with Crippen LogP contribution in [-0.4, -0.2) is 19.8 Å². The van der Waals surface area contributed by atoms with Gasteiger partial charge in [-0.25, -0.2) is 4.57 Å². The summed E-state index contributed by atoms with van der Waals surface area (Å²) in [6.07, 6.45) is 21.2. The maximum atomic E-state index is 13.2. The topological polar surface area (TPSA) is 77.8 Å². The first-order valence-corrected chi connectivity index (χ1v) is 18.7. The monoisotopic (exact) mass is 667 g/mol. The van der Waals surface area contributed by atoms with E-state index in [-0.39, 0.29) is 25.1 Å². The second-order valence-electron chi connectivity index (χ2n) is 11.4. The van der Waals surface area contributed by atoms with Gasteiger partial charge in [-0.05, 0) is 42.3 Å². The first-order chi connectivity index (χ1) is 21.4. The molecule has 0 aliphatic heterocycles. The van der Waals surface area contributed by atoms with Crippen LogP contribution in [0.4, 0.5) is 0 Å². The molecule has 0 saturated heterocycles. The van der Waals surface area contributed by atoms with E-state index in [0.717, 1.165) is 24.8 Å². The Bertz CT molecular complexity index is 1140. The molecule has 2 rings (SSSR count). The van der Waals surface area contributed by atoms with E-state index in [4.69, 9.17) is 41.5 Å². The molecule has 6 nitrogen and oxygen atoms in total. The van der Waals surface area contributed by atoms with Crippen molar-refractivity contribution in [3.05, 3.63) is 63.6 Å². The normalized spacial score (nSPS) is 13.3. The van der Waals surface area contributed by atoms with Crippen LogP contribution in [0.2, 0.25) is 10.0 Å². The van der Waals surface area contributed by atoms with Gasteiger partial charge < -0.3 is 9.26 Å². The first kappa shape index (κ1) is 38.6. The fourth-order valence-corrected chi connectivity index (χ4v) is 6.54. The minimum Gasteiger partial charge on any atom is -0.402 e. The number of benzene rings is 2. The molecule has 9 heteroatoms. The lowest BCUT2D eigenvalue weighted by atomic mass is 10.0. The SMILES string of the molecule is CCCCCCCCCCCCCCCCCC[C@H](COP(=O)(OC)Oc1ccccc1Cl)OCc1cc(Cl)cc(C#N)c1. The van der Waals surface area contributed by atoms with E-state index in [1.165, 1.54) is 97.0 Å². The molecule has 0 fully saturated rings. The van der Waals surface area contributed by atoms with Crippen LogP contribution in [0.1, 0.15) is 127 Å². The summed E-state index contributed by atoms with van der Waals surface area (Å²) in [5, 5.41) is 10.1. The number of nitriles is 1. The van der Waals surface area contributed by atoms with Crippen molar-refractivity contribution in [1.82, 2.24) is 0 Å². The summed E-state index contributed by atoms with van der Waals surface area (Å²) in [5.74, 6) is 0.220. The summed E-state index contributed by atoms with van der Waals surface area (Å²) < 4.78 is 35.7. The van der Waals surface area contributed by atoms with Crippen molar-refractivity contribution in [3.8, 4) is 11.8 Å². The molecule has 246 valence electrons. The first-order valence-electron chi connectivity index (χ1n) is 16.4. The molecule has 0 heterocycles. The third-order valence-electron chi connectivity index (χ3n) is 7.64. The van der Waals surface area contributed by atoms with Crippen LogP contribution in [0.5, 0.6) is 5.75 Å². The van der Waals surface area contributed by atoms with Crippen LogP contribution in [0.3, 0.4) is 0 Å². The fourth-order valence-electron chi connectivity index (χ4n) is 5.08. The number of hydrogen-bond acceptors (Lipinski definition) is 6. The zero-order chi connectivity index (χ0) is 31.9. The Morgan fingerprint density at radius 1 is 0.818 bits per heavy atom. The van der Waals surface area contributed by atoms with E-state index in [0.29, 0.717) is 15.6 Å². The van der Waals surface area contributed by atoms with Gasteiger partial charge in [-0.1, -0.05) is 145 Å². The highest BCUT2D eigenvalue weighted by Gasteiger charge is 2.29. The molecular weight excluding hydrogens is 616 g/mol. The summed E-state index contributed by atoms with van der Waals surface area (Å²) in [5.41, 5.74) is 1.26. The van der Waals surface area contributed by atoms with E-state index >= 15 is 0 Å². The standard InChI is InChI=1S/C35H52Cl2NO5P/c1-3-4-5-6-7-8-9-10-11-12-13-14-15-16-17-18-21-33(41-28-31-24-30(27-38)25-32(36)26-31)29-42-44(39,40-2)43-35-23-20-19-22-34(35)37/h19-20,22-26,33H,3-18,21,28-29H2,1-2H3/t33-,44?/m1/s1. The zero-order valence-electron chi connectivity index (χ0n) is 26.7. The molecule has 0 aromatic heterocycles. The largest absolute Gasteiger partial charge is 0.529 e. The van der Waals surface area contributed by atoms with Crippen molar-refractivity contribution >= 4 is 31.0 Å². The van der Waals surface area contributed by atoms with Crippen molar-refractivity contribution in [2.75, 3.05) is 13.7 Å². The van der Waals surface area contributed by atoms with Gasteiger partial charge in [0.25, 0.3) is 0 Å². The minimum atomic E-state index is -3.92. The number of halogens is 2. The Labute approximate surface area is 276 Å². The molecule has 0 N–H and O–H groups in total. The number of ether oxygens (including phenoxy) is 1. The van der Waals surface area contributed by atoms with Crippen LogP contribution in [0.25, 0.3) is 0 Å². The maximum Gasteiger partial charge on any atom is 0.529 e. The number of nitrogens with zero attached hydrogens (tertiary/aromatic N) is 1. The highest BCUT2D eigenvalue weighted by molar-refractivity contribution is 7.48. The average molecular weight is 669 g/mol. The van der Waals surface area contributed by atoms with E-state index in [1.54, 1.807) is 42.5 Å². The van der Waals surface area contributed by atoms with Gasteiger partial charge in [0.15, 0.2) is 0 Å². The molecule has 1 unspecified atom stereocenters. The van der Waals surface area contributed by atoms with Gasteiger partial charge in [-0.3, -0.25) is 9.05 Å². The predicted molar refractivity (Wildman–Crippen MR) is 182 cm³/mol. The van der Waals surface area contributed by atoms with Gasteiger partial charge in [-0.15, -0.1) is 0 Å². The van der Waals surface area contributed by atoms with Crippen LogP contribution in [0.15, 0.2) is 42.5 Å². The fraction of sp³-hybridized carbons (Fsp3) is 0.629. The summed E-state index contributed by atoms with van der Waals surface area (Å²) in [7, 11) is -2.65. The smallest absolute Gasteiger partial charge is 0.402 e. The van der Waals surface area contributed by atoms with Crippen molar-refractivity contribution in [3.63, 3.8) is 0 Å². The number of unbranched alkanes of at least 4 members (excludes halogenated alkanes) is 15. The molecular formula is C35H52Cl2NO5P.